The Morgan fingerprint density at radius 1 is 0.719 bits per heavy atom. The van der Waals surface area contributed by atoms with Crippen molar-refractivity contribution in [3.63, 3.8) is 0 Å². The first-order valence-electron chi connectivity index (χ1n) is 11.3. The van der Waals surface area contributed by atoms with Crippen molar-refractivity contribution in [2.24, 2.45) is 0 Å². The summed E-state index contributed by atoms with van der Waals surface area (Å²) in [6.45, 7) is 6.02. The van der Waals surface area contributed by atoms with Crippen LogP contribution in [0.3, 0.4) is 0 Å². The van der Waals surface area contributed by atoms with Crippen molar-refractivity contribution in [2.45, 2.75) is 12.5 Å². The quantitative estimate of drug-likeness (QED) is 0.378. The third-order valence-electron chi connectivity index (χ3n) is 5.82. The molecule has 1 aliphatic heterocycles. The van der Waals surface area contributed by atoms with Crippen LogP contribution < -0.4 is 0 Å². The fraction of sp³-hybridized carbons (Fsp3) is 0.286. The van der Waals surface area contributed by atoms with E-state index in [0.717, 1.165) is 45.8 Å². The Bertz CT molecular complexity index is 870. The fourth-order valence-corrected chi connectivity index (χ4v) is 4.03. The molecule has 0 N–H and O–H groups in total. The lowest BCUT2D eigenvalue weighted by molar-refractivity contribution is 0.0502. The van der Waals surface area contributed by atoms with Crippen molar-refractivity contribution >= 4 is 17.0 Å². The molecule has 3 nitrogen and oxygen atoms in total. The highest BCUT2D eigenvalue weighted by molar-refractivity contribution is 8.93. The van der Waals surface area contributed by atoms with Crippen molar-refractivity contribution in [1.29, 1.82) is 0 Å². The number of piperazine rings is 1. The predicted octanol–water partition coefficient (Wildman–Crippen LogP) is 5.74. The topological polar surface area (TPSA) is 15.7 Å². The number of benzene rings is 3. The van der Waals surface area contributed by atoms with E-state index in [-0.39, 0.29) is 23.1 Å². The standard InChI is InChI=1S/C28H32N2O.BrH/c1-4-11-25(12-5-1)13-10-18-29-19-21-30(22-20-29)23-24-31-28(26-14-6-2-7-15-26)27-16-8-3-9-17-27;/h1-12,14-18,28H,13,19-24H2;1H/b18-10+;. The van der Waals surface area contributed by atoms with Crippen LogP contribution in [0, 0.1) is 0 Å². The van der Waals surface area contributed by atoms with Crippen LogP contribution in [0.2, 0.25) is 0 Å². The largest absolute Gasteiger partial charge is 0.375 e. The van der Waals surface area contributed by atoms with Gasteiger partial charge in [0.1, 0.15) is 6.10 Å². The first-order chi connectivity index (χ1) is 15.4. The van der Waals surface area contributed by atoms with Gasteiger partial charge in [0.25, 0.3) is 0 Å². The minimum absolute atomic E-state index is 0. The first kappa shape index (κ1) is 24.2. The van der Waals surface area contributed by atoms with E-state index in [4.69, 9.17) is 4.74 Å². The molecule has 0 aliphatic carbocycles. The molecule has 3 aromatic rings. The second kappa shape index (κ2) is 13.2. The third kappa shape index (κ3) is 7.33. The Hall–Kier alpha value is -2.40. The molecular weight excluding hydrogens is 460 g/mol. The third-order valence-corrected chi connectivity index (χ3v) is 5.82. The van der Waals surface area contributed by atoms with Crippen molar-refractivity contribution in [2.75, 3.05) is 39.3 Å². The number of hydrogen-bond donors (Lipinski definition) is 0. The van der Waals surface area contributed by atoms with Crippen LogP contribution in [0.4, 0.5) is 0 Å². The van der Waals surface area contributed by atoms with Gasteiger partial charge in [-0.1, -0.05) is 97.1 Å². The molecule has 3 aromatic carbocycles. The van der Waals surface area contributed by atoms with Gasteiger partial charge in [-0.2, -0.15) is 0 Å². The molecule has 1 saturated heterocycles. The molecule has 4 rings (SSSR count). The molecule has 1 aliphatic rings. The maximum absolute atomic E-state index is 6.39. The van der Waals surface area contributed by atoms with Gasteiger partial charge in [0, 0.05) is 32.7 Å². The smallest absolute Gasteiger partial charge is 0.108 e. The number of ether oxygens (including phenoxy) is 1. The first-order valence-corrected chi connectivity index (χ1v) is 11.3. The summed E-state index contributed by atoms with van der Waals surface area (Å²) in [6.07, 6.45) is 5.53. The molecule has 4 heteroatoms. The average molecular weight is 493 g/mol. The Balaban J connectivity index is 0.00000289. The Morgan fingerprint density at radius 3 is 1.81 bits per heavy atom. The highest BCUT2D eigenvalue weighted by Gasteiger charge is 2.17. The molecule has 168 valence electrons. The molecule has 0 radical (unpaired) electrons. The van der Waals surface area contributed by atoms with Crippen LogP contribution in [0.15, 0.2) is 103 Å². The van der Waals surface area contributed by atoms with E-state index >= 15 is 0 Å². The molecular formula is C28H33BrN2O. The zero-order valence-electron chi connectivity index (χ0n) is 18.6. The summed E-state index contributed by atoms with van der Waals surface area (Å²) >= 11 is 0. The highest BCUT2D eigenvalue weighted by atomic mass is 79.9. The van der Waals surface area contributed by atoms with E-state index in [1.54, 1.807) is 0 Å². The molecule has 0 aromatic heterocycles. The molecule has 0 bridgehead atoms. The summed E-state index contributed by atoms with van der Waals surface area (Å²) in [6, 6.07) is 31.7. The molecule has 0 saturated carbocycles. The van der Waals surface area contributed by atoms with Gasteiger partial charge in [0.05, 0.1) is 6.61 Å². The highest BCUT2D eigenvalue weighted by Crippen LogP contribution is 2.25. The van der Waals surface area contributed by atoms with Crippen LogP contribution >= 0.6 is 17.0 Å². The average Bonchev–Trinajstić information content (AvgIpc) is 2.85. The molecule has 1 fully saturated rings. The summed E-state index contributed by atoms with van der Waals surface area (Å²) in [5.41, 5.74) is 3.78. The van der Waals surface area contributed by atoms with Crippen LogP contribution in [0.25, 0.3) is 0 Å². The molecule has 0 unspecified atom stereocenters. The maximum atomic E-state index is 6.39. The van der Waals surface area contributed by atoms with Gasteiger partial charge in [0.15, 0.2) is 0 Å². The lowest BCUT2D eigenvalue weighted by Gasteiger charge is -2.34. The molecule has 0 atom stereocenters. The lowest BCUT2D eigenvalue weighted by atomic mass is 10.0. The van der Waals surface area contributed by atoms with Crippen molar-refractivity contribution in [3.8, 4) is 0 Å². The minimum atomic E-state index is -0.00962. The van der Waals surface area contributed by atoms with Gasteiger partial charge < -0.3 is 9.64 Å². The van der Waals surface area contributed by atoms with Gasteiger partial charge in [-0.15, -0.1) is 17.0 Å². The summed E-state index contributed by atoms with van der Waals surface area (Å²) in [5.74, 6) is 0. The van der Waals surface area contributed by atoms with E-state index in [1.807, 2.05) is 0 Å². The lowest BCUT2D eigenvalue weighted by Crippen LogP contribution is -2.45. The minimum Gasteiger partial charge on any atom is -0.375 e. The van der Waals surface area contributed by atoms with Crippen molar-refractivity contribution < 1.29 is 4.74 Å². The summed E-state index contributed by atoms with van der Waals surface area (Å²) in [5, 5.41) is 0. The van der Waals surface area contributed by atoms with Crippen LogP contribution in [0.1, 0.15) is 22.8 Å². The van der Waals surface area contributed by atoms with Gasteiger partial charge >= 0.3 is 0 Å². The Kier molecular flexibility index (Phi) is 10.0. The van der Waals surface area contributed by atoms with E-state index in [2.05, 4.69) is 113 Å². The summed E-state index contributed by atoms with van der Waals surface area (Å²) in [4.78, 5) is 4.94. The van der Waals surface area contributed by atoms with Gasteiger partial charge in [-0.05, 0) is 29.3 Å². The molecule has 32 heavy (non-hydrogen) atoms. The SMILES string of the molecule is Br.C(=C\N1CCN(CCOC(c2ccccc2)c2ccccc2)CC1)/Cc1ccccc1. The van der Waals surface area contributed by atoms with Crippen LogP contribution in [-0.4, -0.2) is 49.1 Å². The second-order valence-corrected chi connectivity index (χ2v) is 8.02. The van der Waals surface area contributed by atoms with E-state index in [0.29, 0.717) is 0 Å². The Labute approximate surface area is 203 Å². The summed E-state index contributed by atoms with van der Waals surface area (Å²) in [7, 11) is 0. The fourth-order valence-electron chi connectivity index (χ4n) is 4.03. The van der Waals surface area contributed by atoms with Gasteiger partial charge in [-0.25, -0.2) is 0 Å². The number of allylic oxidation sites excluding steroid dienone is 1. The predicted molar refractivity (Wildman–Crippen MR) is 138 cm³/mol. The number of halogens is 1. The van der Waals surface area contributed by atoms with Gasteiger partial charge in [0.2, 0.25) is 0 Å². The van der Waals surface area contributed by atoms with E-state index < -0.39 is 0 Å². The van der Waals surface area contributed by atoms with Gasteiger partial charge in [-0.3, -0.25) is 4.90 Å². The maximum Gasteiger partial charge on any atom is 0.108 e. The van der Waals surface area contributed by atoms with Crippen LogP contribution in [0.5, 0.6) is 0 Å². The normalized spacial score (nSPS) is 14.6. The monoisotopic (exact) mass is 492 g/mol. The molecule has 1 heterocycles. The summed E-state index contributed by atoms with van der Waals surface area (Å²) < 4.78 is 6.39. The zero-order valence-corrected chi connectivity index (χ0v) is 20.3. The number of hydrogen-bond acceptors (Lipinski definition) is 3. The number of rotatable bonds is 9. The van der Waals surface area contributed by atoms with Crippen molar-refractivity contribution in [1.82, 2.24) is 9.80 Å². The van der Waals surface area contributed by atoms with E-state index in [1.165, 1.54) is 16.7 Å². The number of nitrogens with zero attached hydrogens (tertiary/aromatic N) is 2. The Morgan fingerprint density at radius 2 is 1.25 bits per heavy atom. The molecule has 0 amide bonds. The molecule has 0 spiro atoms. The van der Waals surface area contributed by atoms with Crippen molar-refractivity contribution in [3.05, 3.63) is 120 Å². The van der Waals surface area contributed by atoms with Crippen LogP contribution in [-0.2, 0) is 11.2 Å². The zero-order chi connectivity index (χ0) is 21.1. The van der Waals surface area contributed by atoms with E-state index in [9.17, 15) is 0 Å². The second-order valence-electron chi connectivity index (χ2n) is 8.02.